The van der Waals surface area contributed by atoms with Crippen LogP contribution in [0, 0.1) is 0 Å². The van der Waals surface area contributed by atoms with E-state index >= 15 is 0 Å². The summed E-state index contributed by atoms with van der Waals surface area (Å²) in [6.07, 6.45) is 1.80. The summed E-state index contributed by atoms with van der Waals surface area (Å²) in [7, 11) is 1.85. The van der Waals surface area contributed by atoms with Crippen molar-refractivity contribution in [2.24, 2.45) is 0 Å². The van der Waals surface area contributed by atoms with Crippen LogP contribution < -0.4 is 5.32 Å². The molecule has 0 unspecified atom stereocenters. The molecule has 2 rings (SSSR count). The van der Waals surface area contributed by atoms with Gasteiger partial charge in [0.2, 0.25) is 0 Å². The lowest BCUT2D eigenvalue weighted by Gasteiger charge is -2.31. The third kappa shape index (κ3) is 3.44. The van der Waals surface area contributed by atoms with Gasteiger partial charge in [0.1, 0.15) is 11.5 Å². The summed E-state index contributed by atoms with van der Waals surface area (Å²) in [5.74, 6) is 0.723. The first-order valence-electron chi connectivity index (χ1n) is 6.78. The van der Waals surface area contributed by atoms with Gasteiger partial charge < -0.3 is 15.0 Å². The van der Waals surface area contributed by atoms with Gasteiger partial charge in [-0.1, -0.05) is 6.07 Å². The van der Waals surface area contributed by atoms with E-state index in [1.807, 2.05) is 26.1 Å². The molecule has 0 aromatic carbocycles. The van der Waals surface area contributed by atoms with E-state index in [-0.39, 0.29) is 11.9 Å². The molecule has 1 amide bonds. The molecule has 1 fully saturated rings. The Morgan fingerprint density at radius 1 is 1.47 bits per heavy atom. The van der Waals surface area contributed by atoms with Crippen LogP contribution in [0.15, 0.2) is 18.2 Å². The van der Waals surface area contributed by atoms with E-state index < -0.39 is 0 Å². The molecule has 1 aromatic heterocycles. The minimum atomic E-state index is -0.0216. The first-order chi connectivity index (χ1) is 9.22. The van der Waals surface area contributed by atoms with E-state index in [1.54, 1.807) is 11.0 Å². The van der Waals surface area contributed by atoms with Gasteiger partial charge in [-0.25, -0.2) is 4.98 Å². The first-order valence-corrected chi connectivity index (χ1v) is 6.78. The van der Waals surface area contributed by atoms with Crippen LogP contribution in [0.5, 0.6) is 0 Å². The number of pyridine rings is 1. The van der Waals surface area contributed by atoms with Crippen molar-refractivity contribution in [1.82, 2.24) is 9.88 Å². The molecule has 0 aliphatic carbocycles. The minimum absolute atomic E-state index is 0.0216. The molecule has 5 nitrogen and oxygen atoms in total. The second kappa shape index (κ2) is 6.52. The van der Waals surface area contributed by atoms with Crippen molar-refractivity contribution in [3.8, 4) is 0 Å². The summed E-state index contributed by atoms with van der Waals surface area (Å²) < 4.78 is 5.32. The molecule has 19 heavy (non-hydrogen) atoms. The predicted molar refractivity (Wildman–Crippen MR) is 74.3 cm³/mol. The highest BCUT2D eigenvalue weighted by Crippen LogP contribution is 2.15. The average molecular weight is 263 g/mol. The Morgan fingerprint density at radius 2 is 2.21 bits per heavy atom. The molecule has 0 radical (unpaired) electrons. The molecule has 1 aromatic rings. The van der Waals surface area contributed by atoms with Gasteiger partial charge in [0.25, 0.3) is 5.91 Å². The molecule has 104 valence electrons. The van der Waals surface area contributed by atoms with Crippen LogP contribution in [0.3, 0.4) is 0 Å². The highest BCUT2D eigenvalue weighted by molar-refractivity contribution is 5.92. The van der Waals surface area contributed by atoms with E-state index in [0.717, 1.165) is 38.4 Å². The standard InChI is InChI=1S/C14H21N3O2/c1-3-15-13-6-4-5-12(16-13)14(18)17(2)11-7-9-19-10-8-11/h4-6,11H,3,7-10H2,1-2H3,(H,15,16). The number of hydrogen-bond acceptors (Lipinski definition) is 4. The van der Waals surface area contributed by atoms with Crippen LogP contribution in [-0.2, 0) is 4.74 Å². The van der Waals surface area contributed by atoms with Crippen molar-refractivity contribution in [3.05, 3.63) is 23.9 Å². The van der Waals surface area contributed by atoms with E-state index in [1.165, 1.54) is 0 Å². The zero-order valence-electron chi connectivity index (χ0n) is 11.6. The molecule has 1 aliphatic heterocycles. The molecule has 0 saturated carbocycles. The fourth-order valence-electron chi connectivity index (χ4n) is 2.25. The summed E-state index contributed by atoms with van der Waals surface area (Å²) in [5.41, 5.74) is 0.493. The Morgan fingerprint density at radius 3 is 2.89 bits per heavy atom. The number of nitrogens with zero attached hydrogens (tertiary/aromatic N) is 2. The maximum atomic E-state index is 12.4. The van der Waals surface area contributed by atoms with Crippen LogP contribution in [0.4, 0.5) is 5.82 Å². The molecule has 0 bridgehead atoms. The van der Waals surface area contributed by atoms with Gasteiger partial charge in [0, 0.05) is 32.8 Å². The SMILES string of the molecule is CCNc1cccc(C(=O)N(C)C2CCOCC2)n1. The smallest absolute Gasteiger partial charge is 0.272 e. The van der Waals surface area contributed by atoms with Crippen LogP contribution in [0.25, 0.3) is 0 Å². The largest absolute Gasteiger partial charge is 0.381 e. The van der Waals surface area contributed by atoms with Gasteiger partial charge in [-0.3, -0.25) is 4.79 Å². The van der Waals surface area contributed by atoms with E-state index in [0.29, 0.717) is 5.69 Å². The zero-order chi connectivity index (χ0) is 13.7. The Bertz CT molecular complexity index is 430. The lowest BCUT2D eigenvalue weighted by Crippen LogP contribution is -2.41. The topological polar surface area (TPSA) is 54.5 Å². The van der Waals surface area contributed by atoms with Crippen molar-refractivity contribution in [1.29, 1.82) is 0 Å². The Balaban J connectivity index is 2.07. The second-order valence-electron chi connectivity index (χ2n) is 4.70. The third-order valence-corrected chi connectivity index (χ3v) is 3.38. The average Bonchev–Trinajstić information content (AvgIpc) is 2.47. The number of carbonyl (C=O) groups is 1. The quantitative estimate of drug-likeness (QED) is 0.899. The van der Waals surface area contributed by atoms with Gasteiger partial charge in [0.15, 0.2) is 0 Å². The van der Waals surface area contributed by atoms with Crippen molar-refractivity contribution in [2.45, 2.75) is 25.8 Å². The summed E-state index contributed by atoms with van der Waals surface area (Å²) >= 11 is 0. The van der Waals surface area contributed by atoms with Crippen molar-refractivity contribution >= 4 is 11.7 Å². The van der Waals surface area contributed by atoms with Gasteiger partial charge in [-0.2, -0.15) is 0 Å². The maximum Gasteiger partial charge on any atom is 0.272 e. The molecule has 1 N–H and O–H groups in total. The number of amides is 1. The molecule has 1 aliphatic rings. The summed E-state index contributed by atoms with van der Waals surface area (Å²) in [4.78, 5) is 18.5. The Kier molecular flexibility index (Phi) is 4.74. The number of aromatic nitrogens is 1. The van der Waals surface area contributed by atoms with E-state index in [4.69, 9.17) is 4.74 Å². The summed E-state index contributed by atoms with van der Waals surface area (Å²) in [6.45, 7) is 4.26. The number of nitrogens with one attached hydrogen (secondary N) is 1. The Labute approximate surface area is 114 Å². The number of carbonyl (C=O) groups excluding carboxylic acids is 1. The highest BCUT2D eigenvalue weighted by Gasteiger charge is 2.24. The van der Waals surface area contributed by atoms with Gasteiger partial charge in [-0.15, -0.1) is 0 Å². The van der Waals surface area contributed by atoms with E-state index in [9.17, 15) is 4.79 Å². The second-order valence-corrected chi connectivity index (χ2v) is 4.70. The monoisotopic (exact) mass is 263 g/mol. The highest BCUT2D eigenvalue weighted by atomic mass is 16.5. The van der Waals surface area contributed by atoms with Gasteiger partial charge in [0.05, 0.1) is 0 Å². The molecule has 1 saturated heterocycles. The molecule has 0 atom stereocenters. The molecule has 5 heteroatoms. The van der Waals surface area contributed by atoms with E-state index in [2.05, 4.69) is 10.3 Å². The Hall–Kier alpha value is -1.62. The van der Waals surface area contributed by atoms with Crippen molar-refractivity contribution < 1.29 is 9.53 Å². The summed E-state index contributed by atoms with van der Waals surface area (Å²) in [6, 6.07) is 5.75. The molecular formula is C14H21N3O2. The van der Waals surface area contributed by atoms with Gasteiger partial charge >= 0.3 is 0 Å². The molecule has 0 spiro atoms. The van der Waals surface area contributed by atoms with Crippen LogP contribution in [-0.4, -0.2) is 48.6 Å². The van der Waals surface area contributed by atoms with Crippen molar-refractivity contribution in [3.63, 3.8) is 0 Å². The van der Waals surface area contributed by atoms with Crippen LogP contribution >= 0.6 is 0 Å². The van der Waals surface area contributed by atoms with Crippen LogP contribution in [0.2, 0.25) is 0 Å². The summed E-state index contributed by atoms with van der Waals surface area (Å²) in [5, 5.41) is 3.12. The number of rotatable bonds is 4. The fourth-order valence-corrected chi connectivity index (χ4v) is 2.25. The number of anilines is 1. The maximum absolute atomic E-state index is 12.4. The fraction of sp³-hybridized carbons (Fsp3) is 0.571. The minimum Gasteiger partial charge on any atom is -0.381 e. The lowest BCUT2D eigenvalue weighted by atomic mass is 10.1. The third-order valence-electron chi connectivity index (χ3n) is 3.38. The van der Waals surface area contributed by atoms with Crippen LogP contribution in [0.1, 0.15) is 30.3 Å². The van der Waals surface area contributed by atoms with Gasteiger partial charge in [-0.05, 0) is 31.9 Å². The lowest BCUT2D eigenvalue weighted by molar-refractivity contribution is 0.0359. The molecular weight excluding hydrogens is 242 g/mol. The number of ether oxygens (including phenoxy) is 1. The predicted octanol–water partition coefficient (Wildman–Crippen LogP) is 1.76. The normalized spacial score (nSPS) is 16.1. The zero-order valence-corrected chi connectivity index (χ0v) is 11.6. The first kappa shape index (κ1) is 13.8. The molecule has 2 heterocycles. The van der Waals surface area contributed by atoms with Crippen molar-refractivity contribution in [2.75, 3.05) is 32.1 Å². The number of hydrogen-bond donors (Lipinski definition) is 1.